The number of aromatic nitrogens is 2. The van der Waals surface area contributed by atoms with Gasteiger partial charge in [0.2, 0.25) is 11.7 Å². The fraction of sp³-hybridized carbons (Fsp3) is 0.500. The number of carbonyl (C=O) groups is 2. The van der Waals surface area contributed by atoms with Gasteiger partial charge in [0.05, 0.1) is 5.41 Å². The molecule has 27 heavy (non-hydrogen) atoms. The molecule has 1 aliphatic rings. The maximum atomic E-state index is 12.8. The van der Waals surface area contributed by atoms with Crippen LogP contribution in [0.5, 0.6) is 0 Å². The summed E-state index contributed by atoms with van der Waals surface area (Å²) in [7, 11) is 0. The summed E-state index contributed by atoms with van der Waals surface area (Å²) in [5.41, 5.74) is 0.339. The molecule has 144 valence electrons. The van der Waals surface area contributed by atoms with Gasteiger partial charge < -0.3 is 14.5 Å². The van der Waals surface area contributed by atoms with E-state index in [4.69, 9.17) is 4.52 Å². The minimum Gasteiger partial charge on any atom is -0.481 e. The lowest BCUT2D eigenvalue weighted by molar-refractivity contribution is -0.147. The molecule has 0 radical (unpaired) electrons. The fourth-order valence-corrected chi connectivity index (χ4v) is 3.18. The van der Waals surface area contributed by atoms with E-state index in [0.29, 0.717) is 42.2 Å². The van der Waals surface area contributed by atoms with Gasteiger partial charge in [-0.2, -0.15) is 4.98 Å². The number of aliphatic carboxylic acids is 1. The van der Waals surface area contributed by atoms with Crippen LogP contribution in [-0.2, 0) is 11.2 Å². The van der Waals surface area contributed by atoms with Crippen molar-refractivity contribution in [3.63, 3.8) is 0 Å². The third-order valence-electron chi connectivity index (χ3n) is 4.79. The number of rotatable bonds is 4. The predicted octanol–water partition coefficient (Wildman–Crippen LogP) is 3.26. The van der Waals surface area contributed by atoms with Crippen LogP contribution in [-0.4, -0.2) is 45.1 Å². The molecular formula is C20H25N3O4. The van der Waals surface area contributed by atoms with Gasteiger partial charge in [-0.25, -0.2) is 0 Å². The van der Waals surface area contributed by atoms with Gasteiger partial charge in [-0.15, -0.1) is 0 Å². The van der Waals surface area contributed by atoms with Crippen molar-refractivity contribution in [2.24, 2.45) is 10.8 Å². The van der Waals surface area contributed by atoms with Crippen LogP contribution in [0.25, 0.3) is 11.4 Å². The van der Waals surface area contributed by atoms with Crippen LogP contribution >= 0.6 is 0 Å². The van der Waals surface area contributed by atoms with Crippen LogP contribution in [0.3, 0.4) is 0 Å². The predicted molar refractivity (Wildman–Crippen MR) is 99.2 cm³/mol. The van der Waals surface area contributed by atoms with Gasteiger partial charge in [-0.05, 0) is 30.9 Å². The van der Waals surface area contributed by atoms with Crippen molar-refractivity contribution in [1.82, 2.24) is 15.0 Å². The summed E-state index contributed by atoms with van der Waals surface area (Å²) in [5.74, 6) is -0.0448. The van der Waals surface area contributed by atoms with Gasteiger partial charge in [0.15, 0.2) is 0 Å². The maximum absolute atomic E-state index is 12.8. The van der Waals surface area contributed by atoms with E-state index >= 15 is 0 Å². The molecule has 1 aliphatic heterocycles. The zero-order valence-electron chi connectivity index (χ0n) is 16.2. The standard InChI is InChI=1S/C20H25N3O4/c1-19(2,3)11-15-21-16(22-27-15)13-6-5-7-14(10-13)17(24)23-9-8-20(4,12-23)18(25)26/h5-7,10H,8-9,11-12H2,1-4H3,(H,25,26). The number of hydrogen-bond acceptors (Lipinski definition) is 5. The molecule has 7 nitrogen and oxygen atoms in total. The Kier molecular flexibility index (Phi) is 4.80. The van der Waals surface area contributed by atoms with Gasteiger partial charge in [0, 0.05) is 30.6 Å². The first-order valence-corrected chi connectivity index (χ1v) is 9.03. The first-order chi connectivity index (χ1) is 12.6. The molecule has 2 heterocycles. The topological polar surface area (TPSA) is 96.5 Å². The van der Waals surface area contributed by atoms with E-state index in [1.54, 1.807) is 30.0 Å². The van der Waals surface area contributed by atoms with Crippen molar-refractivity contribution in [2.75, 3.05) is 13.1 Å². The molecule has 1 N–H and O–H groups in total. The summed E-state index contributed by atoms with van der Waals surface area (Å²) < 4.78 is 5.33. The second-order valence-electron chi connectivity index (χ2n) is 8.67. The van der Waals surface area contributed by atoms with Crippen LogP contribution in [0.2, 0.25) is 0 Å². The van der Waals surface area contributed by atoms with E-state index in [1.165, 1.54) is 0 Å². The van der Waals surface area contributed by atoms with E-state index in [-0.39, 0.29) is 17.9 Å². The van der Waals surface area contributed by atoms with E-state index in [9.17, 15) is 14.7 Å². The quantitative estimate of drug-likeness (QED) is 0.886. The molecule has 1 fully saturated rings. The zero-order chi connectivity index (χ0) is 19.8. The van der Waals surface area contributed by atoms with Crippen LogP contribution < -0.4 is 0 Å². The molecule has 7 heteroatoms. The molecule has 1 aromatic heterocycles. The second-order valence-corrected chi connectivity index (χ2v) is 8.67. The molecule has 0 bridgehead atoms. The van der Waals surface area contributed by atoms with Crippen molar-refractivity contribution >= 4 is 11.9 Å². The molecule has 1 atom stereocenters. The van der Waals surface area contributed by atoms with Crippen LogP contribution in [0, 0.1) is 10.8 Å². The molecule has 0 spiro atoms. The smallest absolute Gasteiger partial charge is 0.311 e. The van der Waals surface area contributed by atoms with Gasteiger partial charge >= 0.3 is 5.97 Å². The van der Waals surface area contributed by atoms with E-state index in [1.807, 2.05) is 6.07 Å². The molecule has 1 unspecified atom stereocenters. The number of nitrogens with zero attached hydrogens (tertiary/aromatic N) is 3. The Labute approximate surface area is 158 Å². The first-order valence-electron chi connectivity index (χ1n) is 9.03. The Morgan fingerprint density at radius 3 is 2.70 bits per heavy atom. The third kappa shape index (κ3) is 4.18. The monoisotopic (exact) mass is 371 g/mol. The number of carboxylic acid groups (broad SMARTS) is 1. The lowest BCUT2D eigenvalue weighted by atomic mass is 9.90. The van der Waals surface area contributed by atoms with E-state index < -0.39 is 11.4 Å². The minimum absolute atomic E-state index is 0.0359. The Morgan fingerprint density at radius 2 is 2.07 bits per heavy atom. The number of hydrogen-bond donors (Lipinski definition) is 1. The molecule has 2 aromatic rings. The van der Waals surface area contributed by atoms with Crippen LogP contribution in [0.1, 0.15) is 50.4 Å². The normalized spacial score (nSPS) is 20.1. The van der Waals surface area contributed by atoms with Crippen molar-refractivity contribution in [1.29, 1.82) is 0 Å². The summed E-state index contributed by atoms with van der Waals surface area (Å²) in [5, 5.41) is 13.4. The highest BCUT2D eigenvalue weighted by atomic mass is 16.5. The Hall–Kier alpha value is -2.70. The SMILES string of the molecule is CC(C)(C)Cc1nc(-c2cccc(C(=O)N3CCC(C)(C(=O)O)C3)c2)no1. The molecule has 1 saturated heterocycles. The average molecular weight is 371 g/mol. The van der Waals surface area contributed by atoms with Gasteiger partial charge in [-0.3, -0.25) is 9.59 Å². The van der Waals surface area contributed by atoms with Gasteiger partial charge in [0.25, 0.3) is 5.91 Å². The molecular weight excluding hydrogens is 346 g/mol. The molecule has 1 aromatic carbocycles. The fourth-order valence-electron chi connectivity index (χ4n) is 3.18. The highest BCUT2D eigenvalue weighted by Crippen LogP contribution is 2.31. The van der Waals surface area contributed by atoms with Crippen molar-refractivity contribution < 1.29 is 19.2 Å². The minimum atomic E-state index is -0.886. The largest absolute Gasteiger partial charge is 0.481 e. The highest BCUT2D eigenvalue weighted by Gasteiger charge is 2.42. The lowest BCUT2D eigenvalue weighted by Gasteiger charge is -2.20. The van der Waals surface area contributed by atoms with Crippen molar-refractivity contribution in [3.05, 3.63) is 35.7 Å². The molecule has 3 rings (SSSR count). The van der Waals surface area contributed by atoms with Crippen molar-refractivity contribution in [3.8, 4) is 11.4 Å². The summed E-state index contributed by atoms with van der Waals surface area (Å²) >= 11 is 0. The maximum Gasteiger partial charge on any atom is 0.311 e. The number of likely N-dealkylation sites (tertiary alicyclic amines) is 1. The number of amides is 1. The van der Waals surface area contributed by atoms with Crippen LogP contribution in [0.4, 0.5) is 0 Å². The number of benzene rings is 1. The zero-order valence-corrected chi connectivity index (χ0v) is 16.2. The number of carboxylic acids is 1. The second kappa shape index (κ2) is 6.79. The first kappa shape index (κ1) is 19.1. The third-order valence-corrected chi connectivity index (χ3v) is 4.79. The summed E-state index contributed by atoms with van der Waals surface area (Å²) in [6.45, 7) is 8.60. The summed E-state index contributed by atoms with van der Waals surface area (Å²) in [4.78, 5) is 30.2. The Balaban J connectivity index is 1.78. The van der Waals surface area contributed by atoms with Crippen LogP contribution in [0.15, 0.2) is 28.8 Å². The summed E-state index contributed by atoms with van der Waals surface area (Å²) in [6, 6.07) is 7.05. The van der Waals surface area contributed by atoms with E-state index in [0.717, 1.165) is 0 Å². The molecule has 0 aliphatic carbocycles. The Morgan fingerprint density at radius 1 is 1.33 bits per heavy atom. The molecule has 1 amide bonds. The lowest BCUT2D eigenvalue weighted by Crippen LogP contribution is -2.34. The Bertz CT molecular complexity index is 868. The average Bonchev–Trinajstić information content (AvgIpc) is 3.20. The van der Waals surface area contributed by atoms with Gasteiger partial charge in [0.1, 0.15) is 0 Å². The number of carbonyl (C=O) groups excluding carboxylic acids is 1. The summed E-state index contributed by atoms with van der Waals surface area (Å²) in [6.07, 6.45) is 1.12. The van der Waals surface area contributed by atoms with Crippen molar-refractivity contribution in [2.45, 2.75) is 40.5 Å². The molecule has 0 saturated carbocycles. The highest BCUT2D eigenvalue weighted by molar-refractivity contribution is 5.96. The van der Waals surface area contributed by atoms with Gasteiger partial charge in [-0.1, -0.05) is 38.1 Å². The van der Waals surface area contributed by atoms with E-state index in [2.05, 4.69) is 30.9 Å².